The van der Waals surface area contributed by atoms with Gasteiger partial charge in [-0.3, -0.25) is 4.90 Å². The minimum atomic E-state index is -2.65. The fourth-order valence-corrected chi connectivity index (χ4v) is 1.70. The van der Waals surface area contributed by atoms with Gasteiger partial charge >= 0.3 is 0 Å². The van der Waals surface area contributed by atoms with Gasteiger partial charge in [-0.05, 0) is 14.0 Å². The predicted octanol–water partition coefficient (Wildman–Crippen LogP) is 1.39. The van der Waals surface area contributed by atoms with Crippen molar-refractivity contribution in [1.82, 2.24) is 15.0 Å². The number of aromatic nitrogens is 2. The maximum atomic E-state index is 13.0. The molecular weight excluding hydrogens is 192 g/mol. The lowest BCUT2D eigenvalue weighted by molar-refractivity contribution is 0.0138. The van der Waals surface area contributed by atoms with Gasteiger partial charge in [0.2, 0.25) is 5.89 Å². The lowest BCUT2D eigenvalue weighted by Gasteiger charge is -2.12. The number of alkyl halides is 2. The second-order valence-electron chi connectivity index (χ2n) is 3.67. The van der Waals surface area contributed by atoms with Crippen LogP contribution in [-0.4, -0.2) is 34.6 Å². The van der Waals surface area contributed by atoms with Gasteiger partial charge in [0.05, 0.1) is 12.6 Å². The molecule has 0 aromatic carbocycles. The fourth-order valence-electron chi connectivity index (χ4n) is 1.70. The topological polar surface area (TPSA) is 42.2 Å². The molecule has 0 unspecified atom stereocenters. The van der Waals surface area contributed by atoms with Crippen LogP contribution in [0.1, 0.15) is 24.2 Å². The molecule has 2 heterocycles. The number of nitrogens with zero attached hydrogens (tertiary/aromatic N) is 3. The highest BCUT2D eigenvalue weighted by Gasteiger charge is 2.46. The van der Waals surface area contributed by atoms with Crippen molar-refractivity contribution in [3.8, 4) is 0 Å². The molecule has 1 saturated heterocycles. The summed E-state index contributed by atoms with van der Waals surface area (Å²) in [4.78, 5) is 5.49. The van der Waals surface area contributed by atoms with Crippen molar-refractivity contribution < 1.29 is 13.3 Å². The van der Waals surface area contributed by atoms with Gasteiger partial charge in [-0.25, -0.2) is 8.78 Å². The summed E-state index contributed by atoms with van der Waals surface area (Å²) in [6, 6.07) is -0.453. The van der Waals surface area contributed by atoms with Crippen LogP contribution in [0.5, 0.6) is 0 Å². The Morgan fingerprint density at radius 2 is 2.29 bits per heavy atom. The summed E-state index contributed by atoms with van der Waals surface area (Å²) in [5.74, 6) is -1.90. The van der Waals surface area contributed by atoms with Crippen LogP contribution < -0.4 is 0 Å². The van der Waals surface area contributed by atoms with E-state index in [0.29, 0.717) is 5.82 Å². The molecule has 0 spiro atoms. The van der Waals surface area contributed by atoms with Crippen molar-refractivity contribution in [2.45, 2.75) is 25.3 Å². The number of likely N-dealkylation sites (tertiary alicyclic amines) is 1. The van der Waals surface area contributed by atoms with Crippen LogP contribution in [0, 0.1) is 6.92 Å². The molecule has 1 aliphatic heterocycles. The molecule has 1 aliphatic rings. The van der Waals surface area contributed by atoms with Gasteiger partial charge in [0.15, 0.2) is 5.82 Å². The number of rotatable bonds is 1. The number of aryl methyl sites for hydroxylation is 1. The highest BCUT2D eigenvalue weighted by atomic mass is 19.3. The Balaban J connectivity index is 2.20. The number of halogens is 2. The van der Waals surface area contributed by atoms with Crippen LogP contribution >= 0.6 is 0 Å². The molecule has 0 saturated carbocycles. The second kappa shape index (κ2) is 2.98. The van der Waals surface area contributed by atoms with Crippen LogP contribution in [0.3, 0.4) is 0 Å². The van der Waals surface area contributed by atoms with E-state index in [1.165, 1.54) is 4.90 Å². The molecular formula is C8H11F2N3O. The van der Waals surface area contributed by atoms with E-state index < -0.39 is 12.0 Å². The monoisotopic (exact) mass is 203 g/mol. The van der Waals surface area contributed by atoms with Crippen LogP contribution in [0.25, 0.3) is 0 Å². The minimum Gasteiger partial charge on any atom is -0.338 e. The third kappa shape index (κ3) is 1.61. The minimum absolute atomic E-state index is 0.245. The average Bonchev–Trinajstić information content (AvgIpc) is 2.55. The summed E-state index contributed by atoms with van der Waals surface area (Å²) >= 11 is 0. The molecule has 1 fully saturated rings. The Morgan fingerprint density at radius 1 is 1.57 bits per heavy atom. The van der Waals surface area contributed by atoms with E-state index in [0.717, 1.165) is 0 Å². The lowest BCUT2D eigenvalue weighted by Crippen LogP contribution is -2.22. The SMILES string of the molecule is Cc1noc([C@@H]2CC(F)(F)CN2C)n1. The Labute approximate surface area is 79.9 Å². The first kappa shape index (κ1) is 9.51. The second-order valence-corrected chi connectivity index (χ2v) is 3.67. The molecule has 1 aromatic rings. The Morgan fingerprint density at radius 3 is 2.71 bits per heavy atom. The van der Waals surface area contributed by atoms with E-state index in [9.17, 15) is 8.78 Å². The highest BCUT2D eigenvalue weighted by Crippen LogP contribution is 2.38. The summed E-state index contributed by atoms with van der Waals surface area (Å²) in [6.07, 6.45) is -0.245. The van der Waals surface area contributed by atoms with Crippen LogP contribution in [0.4, 0.5) is 8.78 Å². The highest BCUT2D eigenvalue weighted by molar-refractivity contribution is 4.99. The van der Waals surface area contributed by atoms with Crippen molar-refractivity contribution in [3.05, 3.63) is 11.7 Å². The van der Waals surface area contributed by atoms with Crippen molar-refractivity contribution in [2.75, 3.05) is 13.6 Å². The zero-order valence-electron chi connectivity index (χ0n) is 8.00. The molecule has 2 rings (SSSR count). The van der Waals surface area contributed by atoms with E-state index in [1.807, 2.05) is 0 Å². The zero-order valence-corrected chi connectivity index (χ0v) is 8.00. The molecule has 78 valence electrons. The summed E-state index contributed by atoms with van der Waals surface area (Å²) in [7, 11) is 1.63. The summed E-state index contributed by atoms with van der Waals surface area (Å²) in [5, 5.41) is 3.59. The van der Waals surface area contributed by atoms with Gasteiger partial charge in [-0.2, -0.15) is 4.98 Å². The maximum absolute atomic E-state index is 13.0. The van der Waals surface area contributed by atoms with Crippen molar-refractivity contribution in [1.29, 1.82) is 0 Å². The Bertz CT molecular complexity index is 339. The summed E-state index contributed by atoms with van der Waals surface area (Å²) in [5.41, 5.74) is 0. The van der Waals surface area contributed by atoms with Crippen molar-refractivity contribution >= 4 is 0 Å². The molecule has 1 aromatic heterocycles. The first-order valence-corrected chi connectivity index (χ1v) is 4.36. The molecule has 4 nitrogen and oxygen atoms in total. The zero-order chi connectivity index (χ0) is 10.3. The van der Waals surface area contributed by atoms with Crippen molar-refractivity contribution in [3.63, 3.8) is 0 Å². The van der Waals surface area contributed by atoms with Crippen LogP contribution in [0.2, 0.25) is 0 Å². The lowest BCUT2D eigenvalue weighted by atomic mass is 10.2. The fraction of sp³-hybridized carbons (Fsp3) is 0.750. The third-order valence-electron chi connectivity index (χ3n) is 2.33. The average molecular weight is 203 g/mol. The standard InChI is InChI=1S/C8H11F2N3O/c1-5-11-7(14-12-5)6-3-8(9,10)4-13(6)2/h6H,3-4H2,1-2H3/t6-/m0/s1. The molecule has 0 N–H and O–H groups in total. The van der Waals surface area contributed by atoms with E-state index in [1.54, 1.807) is 14.0 Å². The van der Waals surface area contributed by atoms with Gasteiger partial charge < -0.3 is 4.52 Å². The summed E-state index contributed by atoms with van der Waals surface area (Å²) < 4.78 is 30.9. The normalized spacial score (nSPS) is 27.0. The van der Waals surface area contributed by atoms with Crippen LogP contribution in [-0.2, 0) is 0 Å². The molecule has 0 radical (unpaired) electrons. The molecule has 14 heavy (non-hydrogen) atoms. The van der Waals surface area contributed by atoms with E-state index in [2.05, 4.69) is 10.1 Å². The molecule has 0 bridgehead atoms. The van der Waals surface area contributed by atoms with E-state index in [4.69, 9.17) is 4.52 Å². The smallest absolute Gasteiger partial charge is 0.262 e. The first-order chi connectivity index (χ1) is 6.48. The maximum Gasteiger partial charge on any atom is 0.262 e. The summed E-state index contributed by atoms with van der Waals surface area (Å²) in [6.45, 7) is 1.42. The van der Waals surface area contributed by atoms with Gasteiger partial charge in [-0.1, -0.05) is 5.16 Å². The van der Waals surface area contributed by atoms with Gasteiger partial charge in [0.25, 0.3) is 5.92 Å². The Hall–Kier alpha value is -1.04. The van der Waals surface area contributed by atoms with Crippen molar-refractivity contribution in [2.24, 2.45) is 0 Å². The quantitative estimate of drug-likeness (QED) is 0.691. The Kier molecular flexibility index (Phi) is 2.02. The van der Waals surface area contributed by atoms with E-state index in [-0.39, 0.29) is 18.9 Å². The number of hydrogen-bond donors (Lipinski definition) is 0. The largest absolute Gasteiger partial charge is 0.338 e. The van der Waals surface area contributed by atoms with Gasteiger partial charge in [-0.15, -0.1) is 0 Å². The predicted molar refractivity (Wildman–Crippen MR) is 44.0 cm³/mol. The molecule has 1 atom stereocenters. The molecule has 6 heteroatoms. The van der Waals surface area contributed by atoms with Gasteiger partial charge in [0.1, 0.15) is 0 Å². The van der Waals surface area contributed by atoms with Crippen LogP contribution in [0.15, 0.2) is 4.52 Å². The van der Waals surface area contributed by atoms with E-state index >= 15 is 0 Å². The number of hydrogen-bond acceptors (Lipinski definition) is 4. The molecule has 0 aliphatic carbocycles. The first-order valence-electron chi connectivity index (χ1n) is 4.36. The third-order valence-corrected chi connectivity index (χ3v) is 2.33. The van der Waals surface area contributed by atoms with Gasteiger partial charge in [0, 0.05) is 6.42 Å². The molecule has 0 amide bonds.